The molecule has 8 nitrogen and oxygen atoms in total. The summed E-state index contributed by atoms with van der Waals surface area (Å²) in [5.74, 6) is -2.12. The van der Waals surface area contributed by atoms with Gasteiger partial charge in [-0.15, -0.1) is 6.58 Å². The molecular weight excluding hydrogens is 578 g/mol. The van der Waals surface area contributed by atoms with Gasteiger partial charge in [0.05, 0.1) is 17.2 Å². The lowest BCUT2D eigenvalue weighted by Crippen LogP contribution is -2.56. The molecule has 8 heteroatoms. The second-order valence-electron chi connectivity index (χ2n) is 14.3. The van der Waals surface area contributed by atoms with Crippen molar-refractivity contribution in [3.05, 3.63) is 88.4 Å². The van der Waals surface area contributed by atoms with Crippen molar-refractivity contribution < 1.29 is 24.9 Å². The molecule has 1 amide bonds. The molecule has 3 unspecified atom stereocenters. The molecule has 2 aromatic carbocycles. The van der Waals surface area contributed by atoms with Crippen molar-refractivity contribution in [2.24, 2.45) is 34.8 Å². The molecule has 5 atom stereocenters. The lowest BCUT2D eigenvalue weighted by atomic mass is 9.53. The molecule has 0 aromatic heterocycles. The van der Waals surface area contributed by atoms with Gasteiger partial charge in [-0.05, 0) is 105 Å². The molecule has 5 N–H and O–H groups in total. The average molecular weight is 626 g/mol. The normalized spacial score (nSPS) is 27.5. The summed E-state index contributed by atoms with van der Waals surface area (Å²) in [7, 11) is 3.64. The number of carbonyl (C=O) groups is 2. The Balaban J connectivity index is 1.43. The number of amides is 1. The molecule has 46 heavy (non-hydrogen) atoms. The Kier molecular flexibility index (Phi) is 8.40. The molecule has 0 spiro atoms. The van der Waals surface area contributed by atoms with Gasteiger partial charge in [-0.1, -0.05) is 44.2 Å². The first-order chi connectivity index (χ1) is 21.9. The summed E-state index contributed by atoms with van der Waals surface area (Å²) in [5, 5.41) is 34.6. The monoisotopic (exact) mass is 625 g/mol. The summed E-state index contributed by atoms with van der Waals surface area (Å²) >= 11 is 0. The van der Waals surface area contributed by atoms with Crippen LogP contribution < -0.4 is 5.73 Å². The first-order valence-electron chi connectivity index (χ1n) is 16.6. The highest BCUT2D eigenvalue weighted by atomic mass is 16.3. The molecule has 244 valence electrons. The number of benzene rings is 2. The fourth-order valence-corrected chi connectivity index (χ4v) is 8.78. The number of phenols is 1. The zero-order valence-corrected chi connectivity index (χ0v) is 27.4. The number of allylic oxidation sites excluding steroid dienone is 3. The minimum atomic E-state index is -1.20. The Morgan fingerprint density at radius 2 is 1.87 bits per heavy atom. The van der Waals surface area contributed by atoms with E-state index in [4.69, 9.17) is 5.73 Å². The number of aliphatic hydroxyl groups is 2. The summed E-state index contributed by atoms with van der Waals surface area (Å²) in [6.45, 7) is 10.9. The number of fused-ring (bicyclic) bond motifs is 3. The van der Waals surface area contributed by atoms with E-state index in [1.54, 1.807) is 19.1 Å². The van der Waals surface area contributed by atoms with Crippen LogP contribution in [-0.2, 0) is 17.8 Å². The zero-order valence-electron chi connectivity index (χ0n) is 27.4. The predicted molar refractivity (Wildman–Crippen MR) is 179 cm³/mol. The van der Waals surface area contributed by atoms with E-state index in [1.165, 1.54) is 18.4 Å². The number of rotatable bonds is 10. The number of Topliss-reactive ketones (excluding diaryl/α,β-unsaturated/α-hetero) is 1. The summed E-state index contributed by atoms with van der Waals surface area (Å²) in [5.41, 5.74) is 8.95. The summed E-state index contributed by atoms with van der Waals surface area (Å²) in [4.78, 5) is 31.4. The van der Waals surface area contributed by atoms with Crippen LogP contribution in [0.25, 0.3) is 11.1 Å². The van der Waals surface area contributed by atoms with E-state index in [-0.39, 0.29) is 45.8 Å². The minimum absolute atomic E-state index is 0.00337. The van der Waals surface area contributed by atoms with Crippen LogP contribution in [0.15, 0.2) is 71.7 Å². The number of likely N-dealkylation sites (N-methyl/N-ethyl adjacent to an activating group) is 1. The van der Waals surface area contributed by atoms with E-state index in [0.29, 0.717) is 12.8 Å². The van der Waals surface area contributed by atoms with Crippen LogP contribution >= 0.6 is 0 Å². The summed E-state index contributed by atoms with van der Waals surface area (Å²) in [6.07, 6.45) is 6.20. The molecule has 4 aliphatic rings. The van der Waals surface area contributed by atoms with Gasteiger partial charge < -0.3 is 21.1 Å². The Hall–Kier alpha value is -3.88. The smallest absolute Gasteiger partial charge is 0.248 e. The molecule has 1 saturated carbocycles. The first kappa shape index (κ1) is 32.1. The number of hydrogen-bond acceptors (Lipinski definition) is 7. The molecule has 0 heterocycles. The van der Waals surface area contributed by atoms with Gasteiger partial charge in [-0.3, -0.25) is 19.4 Å². The van der Waals surface area contributed by atoms with Crippen molar-refractivity contribution in [3.63, 3.8) is 0 Å². The van der Waals surface area contributed by atoms with Gasteiger partial charge in [0.25, 0.3) is 0 Å². The molecule has 0 bridgehead atoms. The van der Waals surface area contributed by atoms with Crippen LogP contribution in [0.5, 0.6) is 5.75 Å². The molecule has 1 fully saturated rings. The maximum Gasteiger partial charge on any atom is 0.248 e. The lowest BCUT2D eigenvalue weighted by Gasteiger charge is -2.53. The molecule has 4 aliphatic carbocycles. The number of aliphatic hydroxyl groups excluding tert-OH is 2. The Morgan fingerprint density at radius 1 is 1.13 bits per heavy atom. The van der Waals surface area contributed by atoms with Gasteiger partial charge in [-0.25, -0.2) is 0 Å². The molecule has 0 saturated heterocycles. The second kappa shape index (κ2) is 12.0. The third-order valence-corrected chi connectivity index (χ3v) is 10.9. The van der Waals surface area contributed by atoms with E-state index < -0.39 is 29.1 Å². The van der Waals surface area contributed by atoms with Crippen molar-refractivity contribution in [2.45, 2.75) is 58.5 Å². The number of primary amides is 1. The maximum absolute atomic E-state index is 14.4. The van der Waals surface area contributed by atoms with E-state index in [0.717, 1.165) is 48.7 Å². The van der Waals surface area contributed by atoms with E-state index in [2.05, 4.69) is 42.7 Å². The van der Waals surface area contributed by atoms with Crippen molar-refractivity contribution in [1.29, 1.82) is 0 Å². The number of nitrogens with two attached hydrogens (primary N) is 1. The third-order valence-electron chi connectivity index (χ3n) is 10.9. The van der Waals surface area contributed by atoms with Gasteiger partial charge in [0, 0.05) is 30.0 Å². The van der Waals surface area contributed by atoms with Crippen LogP contribution in [-0.4, -0.2) is 70.0 Å². The molecular formula is C38H47N3O5. The van der Waals surface area contributed by atoms with Crippen LogP contribution in [0.2, 0.25) is 0 Å². The number of nitrogens with zero attached hydrogens (tertiary/aromatic N) is 2. The third kappa shape index (κ3) is 5.25. The number of phenolic OH excluding ortho intramolecular Hbond substituents is 1. The van der Waals surface area contributed by atoms with Crippen molar-refractivity contribution >= 4 is 11.7 Å². The van der Waals surface area contributed by atoms with Crippen molar-refractivity contribution in [3.8, 4) is 16.9 Å². The highest BCUT2D eigenvalue weighted by Gasteiger charge is 2.58. The zero-order chi connectivity index (χ0) is 33.1. The van der Waals surface area contributed by atoms with E-state index in [1.807, 2.05) is 25.1 Å². The number of hydrogen-bond donors (Lipinski definition) is 4. The Morgan fingerprint density at radius 3 is 2.50 bits per heavy atom. The highest BCUT2D eigenvalue weighted by molar-refractivity contribution is 6.14. The van der Waals surface area contributed by atoms with Gasteiger partial charge in [0.15, 0.2) is 5.78 Å². The lowest BCUT2D eigenvalue weighted by molar-refractivity contribution is -0.116. The first-order valence-corrected chi connectivity index (χ1v) is 16.6. The molecule has 2 aromatic rings. The fraction of sp³-hybridized carbons (Fsp3) is 0.474. The van der Waals surface area contributed by atoms with Gasteiger partial charge in [0.2, 0.25) is 5.91 Å². The Bertz CT molecular complexity index is 1650. The summed E-state index contributed by atoms with van der Waals surface area (Å²) in [6, 6.07) is 11.3. The average Bonchev–Trinajstić information content (AvgIpc) is 3.80. The standard InChI is InChI=1S/C38H47N3O5/c1-6-15-41(19-21-11-12-21)20-22-9-8-10-23(16-22)25-13-14-28(42)30-26(25)17-24-18-27-31(35(44)29(24)34(30)43)38(3,7-2)32(37(39)46)36(45)33(27)40(4)5/h7-10,13-14,16,21,24,27,31,33,42,44-45H,2,6,11-12,15,17-20H2,1,3-5H3,(H2,39,46)/t24?,27?,31?,33-,38-/m0/s1. The second-order valence-corrected chi connectivity index (χ2v) is 14.3. The van der Waals surface area contributed by atoms with Crippen LogP contribution in [0.4, 0.5) is 0 Å². The fourth-order valence-electron chi connectivity index (χ4n) is 8.78. The van der Waals surface area contributed by atoms with Crippen molar-refractivity contribution in [2.75, 3.05) is 27.2 Å². The van der Waals surface area contributed by atoms with Crippen LogP contribution in [0.3, 0.4) is 0 Å². The molecule has 0 radical (unpaired) electrons. The number of carbonyl (C=O) groups excluding carboxylic acids is 2. The van der Waals surface area contributed by atoms with Crippen LogP contribution in [0.1, 0.15) is 61.0 Å². The molecule has 0 aliphatic heterocycles. The quantitative estimate of drug-likeness (QED) is 0.242. The highest BCUT2D eigenvalue weighted by Crippen LogP contribution is 2.58. The molecule has 6 rings (SSSR count). The van der Waals surface area contributed by atoms with Crippen LogP contribution in [0, 0.1) is 29.1 Å². The van der Waals surface area contributed by atoms with Gasteiger partial charge >= 0.3 is 0 Å². The Labute approximate surface area is 271 Å². The maximum atomic E-state index is 14.4. The van der Waals surface area contributed by atoms with E-state index in [9.17, 15) is 24.9 Å². The van der Waals surface area contributed by atoms with Crippen molar-refractivity contribution in [1.82, 2.24) is 9.80 Å². The number of ketones is 1. The predicted octanol–water partition coefficient (Wildman–Crippen LogP) is 5.92. The van der Waals surface area contributed by atoms with E-state index >= 15 is 0 Å². The topological polar surface area (TPSA) is 127 Å². The summed E-state index contributed by atoms with van der Waals surface area (Å²) < 4.78 is 0. The SMILES string of the molecule is C=C[C@]1(C)C(C(N)=O)=C(O)[C@@H](N(C)C)C2CC3Cc4c(-c5cccc(CN(CCC)CC6CC6)c5)ccc(O)c4C(=O)C3=C(O)C21. The number of aromatic hydroxyl groups is 1. The van der Waals surface area contributed by atoms with Gasteiger partial charge in [0.1, 0.15) is 17.3 Å². The largest absolute Gasteiger partial charge is 0.512 e. The minimum Gasteiger partial charge on any atom is -0.512 e. The van der Waals surface area contributed by atoms with Gasteiger partial charge in [-0.2, -0.15) is 0 Å².